The molecule has 3 aromatic rings. The summed E-state index contributed by atoms with van der Waals surface area (Å²) in [6.07, 6.45) is 1.47. The van der Waals surface area contributed by atoms with Gasteiger partial charge in [0.1, 0.15) is 5.82 Å². The maximum Gasteiger partial charge on any atom is 0.249 e. The van der Waals surface area contributed by atoms with E-state index in [4.69, 9.17) is 16.0 Å². The molecule has 1 aliphatic rings. The van der Waals surface area contributed by atoms with E-state index in [2.05, 4.69) is 10.2 Å². The third-order valence-corrected chi connectivity index (χ3v) is 6.44. The van der Waals surface area contributed by atoms with Crippen molar-refractivity contribution < 1.29 is 17.2 Å². The molecule has 1 fully saturated rings. The van der Waals surface area contributed by atoms with E-state index >= 15 is 0 Å². The van der Waals surface area contributed by atoms with Gasteiger partial charge in [-0.05, 0) is 43.2 Å². The lowest BCUT2D eigenvalue weighted by molar-refractivity contribution is 0.351. The third kappa shape index (κ3) is 3.73. The first kappa shape index (κ1) is 18.1. The van der Waals surface area contributed by atoms with E-state index in [-0.39, 0.29) is 29.3 Å². The Balaban J connectivity index is 1.63. The first-order valence-electron chi connectivity index (χ1n) is 8.30. The molecule has 0 atom stereocenters. The molecule has 140 valence electrons. The summed E-state index contributed by atoms with van der Waals surface area (Å²) >= 11 is 6.13. The molecule has 2 aromatic carbocycles. The second kappa shape index (κ2) is 7.03. The van der Waals surface area contributed by atoms with Crippen LogP contribution in [0.5, 0.6) is 0 Å². The largest absolute Gasteiger partial charge is 0.419 e. The Hall–Kier alpha value is -2.29. The zero-order valence-corrected chi connectivity index (χ0v) is 15.6. The van der Waals surface area contributed by atoms with Crippen LogP contribution in [0, 0.1) is 5.82 Å². The predicted molar refractivity (Wildman–Crippen MR) is 96.9 cm³/mol. The van der Waals surface area contributed by atoms with Gasteiger partial charge in [-0.15, -0.1) is 10.2 Å². The Morgan fingerprint density at radius 1 is 1.15 bits per heavy atom. The van der Waals surface area contributed by atoms with Gasteiger partial charge < -0.3 is 4.42 Å². The van der Waals surface area contributed by atoms with Gasteiger partial charge in [-0.3, -0.25) is 0 Å². The highest BCUT2D eigenvalue weighted by atomic mass is 35.5. The molecule has 0 saturated heterocycles. The number of hydrogen-bond donors (Lipinski definition) is 0. The van der Waals surface area contributed by atoms with Gasteiger partial charge in [0.05, 0.1) is 22.0 Å². The molecular weight excluding hydrogens is 393 g/mol. The van der Waals surface area contributed by atoms with Gasteiger partial charge in [0, 0.05) is 6.04 Å². The second-order valence-electron chi connectivity index (χ2n) is 6.22. The normalized spacial score (nSPS) is 14.6. The molecule has 1 heterocycles. The van der Waals surface area contributed by atoms with Crippen LogP contribution in [-0.4, -0.2) is 29.0 Å². The maximum atomic E-state index is 13.5. The van der Waals surface area contributed by atoms with E-state index in [0.29, 0.717) is 10.6 Å². The van der Waals surface area contributed by atoms with Gasteiger partial charge in [-0.1, -0.05) is 29.8 Å². The Labute approximate surface area is 160 Å². The van der Waals surface area contributed by atoms with E-state index < -0.39 is 15.8 Å². The van der Waals surface area contributed by atoms with Crippen LogP contribution in [0.4, 0.5) is 4.39 Å². The highest BCUT2D eigenvalue weighted by Gasteiger charge is 2.39. The fourth-order valence-corrected chi connectivity index (χ4v) is 4.61. The third-order valence-electron chi connectivity index (χ3n) is 4.22. The van der Waals surface area contributed by atoms with Crippen molar-refractivity contribution in [1.82, 2.24) is 14.5 Å². The van der Waals surface area contributed by atoms with Gasteiger partial charge >= 0.3 is 0 Å². The number of rotatable bonds is 6. The zero-order valence-electron chi connectivity index (χ0n) is 14.0. The number of halogens is 2. The van der Waals surface area contributed by atoms with Gasteiger partial charge in [-0.2, -0.15) is 4.31 Å². The van der Waals surface area contributed by atoms with Gasteiger partial charge in [0.25, 0.3) is 0 Å². The van der Waals surface area contributed by atoms with E-state index in [9.17, 15) is 12.8 Å². The van der Waals surface area contributed by atoms with E-state index in [1.54, 1.807) is 24.3 Å². The molecule has 0 amide bonds. The Morgan fingerprint density at radius 3 is 2.63 bits per heavy atom. The first-order valence-corrected chi connectivity index (χ1v) is 10.1. The van der Waals surface area contributed by atoms with Gasteiger partial charge in [0.2, 0.25) is 21.8 Å². The molecule has 27 heavy (non-hydrogen) atoms. The quantitative estimate of drug-likeness (QED) is 0.619. The first-order chi connectivity index (χ1) is 12.9. The lowest BCUT2D eigenvalue weighted by Crippen LogP contribution is -2.32. The lowest BCUT2D eigenvalue weighted by atomic mass is 10.2. The van der Waals surface area contributed by atoms with E-state index in [1.165, 1.54) is 22.5 Å². The summed E-state index contributed by atoms with van der Waals surface area (Å²) in [5.74, 6) is -0.239. The fourth-order valence-electron chi connectivity index (χ4n) is 2.73. The standard InChI is InChI=1S/C18H15ClFN3O3S/c19-16-7-2-1-6-15(16)18-22-21-17(26-18)11-23(13-8-9-13)27(24,25)14-5-3-4-12(20)10-14/h1-7,10,13H,8-9,11H2. The molecule has 1 saturated carbocycles. The van der Waals surface area contributed by atoms with E-state index in [0.717, 1.165) is 18.9 Å². The Kier molecular flexibility index (Phi) is 4.71. The molecule has 0 N–H and O–H groups in total. The SMILES string of the molecule is O=S(=O)(c1cccc(F)c1)N(Cc1nnc(-c2ccccc2Cl)o1)C1CC1. The summed E-state index contributed by atoms with van der Waals surface area (Å²) < 4.78 is 46.3. The van der Waals surface area contributed by atoms with Crippen LogP contribution in [-0.2, 0) is 16.6 Å². The topological polar surface area (TPSA) is 76.3 Å². The van der Waals surface area contributed by atoms with Crippen LogP contribution in [0.1, 0.15) is 18.7 Å². The van der Waals surface area contributed by atoms with Crippen molar-refractivity contribution in [3.8, 4) is 11.5 Å². The van der Waals surface area contributed by atoms with Crippen LogP contribution in [0.2, 0.25) is 5.02 Å². The second-order valence-corrected chi connectivity index (χ2v) is 8.52. The molecule has 0 aliphatic heterocycles. The number of benzene rings is 2. The van der Waals surface area contributed by atoms with Crippen molar-refractivity contribution in [2.24, 2.45) is 0 Å². The molecule has 1 aliphatic carbocycles. The molecule has 0 bridgehead atoms. The molecule has 9 heteroatoms. The minimum atomic E-state index is -3.88. The molecule has 0 spiro atoms. The summed E-state index contributed by atoms with van der Waals surface area (Å²) in [5, 5.41) is 8.38. The lowest BCUT2D eigenvalue weighted by Gasteiger charge is -2.20. The number of sulfonamides is 1. The summed E-state index contributed by atoms with van der Waals surface area (Å²) in [7, 11) is -3.88. The van der Waals surface area contributed by atoms with Crippen molar-refractivity contribution >= 4 is 21.6 Å². The van der Waals surface area contributed by atoms with Crippen molar-refractivity contribution in [3.05, 3.63) is 65.3 Å². The van der Waals surface area contributed by atoms with Gasteiger partial charge in [-0.25, -0.2) is 12.8 Å². The average Bonchev–Trinajstić information content (AvgIpc) is 3.38. The number of aromatic nitrogens is 2. The minimum Gasteiger partial charge on any atom is -0.419 e. The van der Waals surface area contributed by atoms with Crippen LogP contribution in [0.3, 0.4) is 0 Å². The Bertz CT molecular complexity index is 1080. The predicted octanol–water partition coefficient (Wildman–Crippen LogP) is 3.88. The molecule has 4 rings (SSSR count). The highest BCUT2D eigenvalue weighted by Crippen LogP contribution is 2.34. The van der Waals surface area contributed by atoms with E-state index in [1.807, 2.05) is 0 Å². The van der Waals surface area contributed by atoms with Gasteiger partial charge in [0.15, 0.2) is 0 Å². The minimum absolute atomic E-state index is 0.0824. The Morgan fingerprint density at radius 2 is 1.93 bits per heavy atom. The van der Waals surface area contributed by atoms with Crippen molar-refractivity contribution in [3.63, 3.8) is 0 Å². The molecule has 1 aromatic heterocycles. The van der Waals surface area contributed by atoms with Crippen molar-refractivity contribution in [2.75, 3.05) is 0 Å². The monoisotopic (exact) mass is 407 g/mol. The molecular formula is C18H15ClFN3O3S. The summed E-state index contributed by atoms with van der Waals surface area (Å²) in [6.45, 7) is -0.0824. The fraction of sp³-hybridized carbons (Fsp3) is 0.222. The molecule has 6 nitrogen and oxygen atoms in total. The summed E-state index contributed by atoms with van der Waals surface area (Å²) in [4.78, 5) is -0.0970. The zero-order chi connectivity index (χ0) is 19.0. The highest BCUT2D eigenvalue weighted by molar-refractivity contribution is 7.89. The number of nitrogens with zero attached hydrogens (tertiary/aromatic N) is 3. The molecule has 0 radical (unpaired) electrons. The van der Waals surface area contributed by atoms with Crippen LogP contribution >= 0.6 is 11.6 Å². The maximum absolute atomic E-state index is 13.5. The van der Waals surface area contributed by atoms with Crippen LogP contribution in [0.15, 0.2) is 57.8 Å². The summed E-state index contributed by atoms with van der Waals surface area (Å²) in [6, 6.07) is 11.8. The molecule has 0 unspecified atom stereocenters. The number of hydrogen-bond acceptors (Lipinski definition) is 5. The van der Waals surface area contributed by atoms with Crippen LogP contribution in [0.25, 0.3) is 11.5 Å². The smallest absolute Gasteiger partial charge is 0.249 e. The summed E-state index contributed by atoms with van der Waals surface area (Å²) in [5.41, 5.74) is 0.573. The van der Waals surface area contributed by atoms with Crippen molar-refractivity contribution in [2.45, 2.75) is 30.3 Å². The van der Waals surface area contributed by atoms with Crippen LogP contribution < -0.4 is 0 Å². The average molecular weight is 408 g/mol. The van der Waals surface area contributed by atoms with Crippen molar-refractivity contribution in [1.29, 1.82) is 0 Å².